The van der Waals surface area contributed by atoms with Crippen molar-refractivity contribution in [2.45, 2.75) is 13.5 Å². The van der Waals surface area contributed by atoms with E-state index in [2.05, 4.69) is 10.3 Å². The maximum absolute atomic E-state index is 6.10. The van der Waals surface area contributed by atoms with Gasteiger partial charge in [-0.15, -0.1) is 0 Å². The molecule has 2 aromatic rings. The van der Waals surface area contributed by atoms with E-state index in [0.717, 1.165) is 16.9 Å². The number of halogens is 2. The summed E-state index contributed by atoms with van der Waals surface area (Å²) in [4.78, 5) is 4.21. The lowest BCUT2D eigenvalue weighted by Crippen LogP contribution is -2.00. The molecule has 2 rings (SSSR count). The van der Waals surface area contributed by atoms with Gasteiger partial charge in [-0.25, -0.2) is 0 Å². The Labute approximate surface area is 111 Å². The van der Waals surface area contributed by atoms with Crippen LogP contribution in [0.1, 0.15) is 11.3 Å². The first-order valence-corrected chi connectivity index (χ1v) is 6.02. The molecule has 0 saturated carbocycles. The molecule has 0 spiro atoms. The second-order valence-electron chi connectivity index (χ2n) is 3.75. The first-order chi connectivity index (χ1) is 8.16. The van der Waals surface area contributed by atoms with Gasteiger partial charge in [0, 0.05) is 12.2 Å². The van der Waals surface area contributed by atoms with Gasteiger partial charge >= 0.3 is 0 Å². The number of nitrogens with zero attached hydrogens (tertiary/aromatic N) is 1. The summed E-state index contributed by atoms with van der Waals surface area (Å²) in [5, 5.41) is 4.43. The Morgan fingerprint density at radius 2 is 2.00 bits per heavy atom. The SMILES string of the molecule is Cc1ccc(NCc2cccc(Cl)c2Cl)cn1. The van der Waals surface area contributed by atoms with Gasteiger partial charge in [0.25, 0.3) is 0 Å². The first-order valence-electron chi connectivity index (χ1n) is 5.26. The molecule has 0 saturated heterocycles. The summed E-state index contributed by atoms with van der Waals surface area (Å²) < 4.78 is 0. The molecule has 0 aliphatic rings. The van der Waals surface area contributed by atoms with Crippen molar-refractivity contribution in [2.75, 3.05) is 5.32 Å². The van der Waals surface area contributed by atoms with Gasteiger partial charge in [0.1, 0.15) is 0 Å². The van der Waals surface area contributed by atoms with Crippen LogP contribution in [0.5, 0.6) is 0 Å². The van der Waals surface area contributed by atoms with E-state index < -0.39 is 0 Å². The highest BCUT2D eigenvalue weighted by Crippen LogP contribution is 2.26. The van der Waals surface area contributed by atoms with Crippen LogP contribution in [0.15, 0.2) is 36.5 Å². The highest BCUT2D eigenvalue weighted by molar-refractivity contribution is 6.42. The van der Waals surface area contributed by atoms with Crippen LogP contribution in [-0.2, 0) is 6.54 Å². The van der Waals surface area contributed by atoms with Gasteiger partial charge in [-0.1, -0.05) is 35.3 Å². The van der Waals surface area contributed by atoms with Crippen molar-refractivity contribution >= 4 is 28.9 Å². The largest absolute Gasteiger partial charge is 0.380 e. The third-order valence-corrected chi connectivity index (χ3v) is 3.28. The van der Waals surface area contributed by atoms with Gasteiger partial charge in [0.15, 0.2) is 0 Å². The number of hydrogen-bond donors (Lipinski definition) is 1. The zero-order chi connectivity index (χ0) is 12.3. The Hall–Kier alpha value is -1.25. The molecule has 0 radical (unpaired) electrons. The van der Waals surface area contributed by atoms with Crippen molar-refractivity contribution in [1.29, 1.82) is 0 Å². The number of aromatic nitrogens is 1. The summed E-state index contributed by atoms with van der Waals surface area (Å²) in [7, 11) is 0. The van der Waals surface area contributed by atoms with E-state index in [-0.39, 0.29) is 0 Å². The molecular formula is C13H12Cl2N2. The number of rotatable bonds is 3. The molecule has 4 heteroatoms. The third-order valence-electron chi connectivity index (χ3n) is 2.43. The van der Waals surface area contributed by atoms with Crippen molar-refractivity contribution in [2.24, 2.45) is 0 Å². The van der Waals surface area contributed by atoms with E-state index in [1.165, 1.54) is 0 Å². The lowest BCUT2D eigenvalue weighted by molar-refractivity contribution is 1.12. The van der Waals surface area contributed by atoms with E-state index in [1.54, 1.807) is 12.3 Å². The molecular weight excluding hydrogens is 255 g/mol. The Morgan fingerprint density at radius 1 is 1.18 bits per heavy atom. The molecule has 0 unspecified atom stereocenters. The number of anilines is 1. The summed E-state index contributed by atoms with van der Waals surface area (Å²) in [6, 6.07) is 9.56. The Morgan fingerprint density at radius 3 is 2.71 bits per heavy atom. The van der Waals surface area contributed by atoms with Crippen molar-refractivity contribution in [3.63, 3.8) is 0 Å². The topological polar surface area (TPSA) is 24.9 Å². The lowest BCUT2D eigenvalue weighted by atomic mass is 10.2. The Kier molecular flexibility index (Phi) is 3.87. The molecule has 2 nitrogen and oxygen atoms in total. The number of hydrogen-bond acceptors (Lipinski definition) is 2. The minimum Gasteiger partial charge on any atom is -0.380 e. The van der Waals surface area contributed by atoms with Crippen molar-refractivity contribution in [3.05, 3.63) is 57.8 Å². The highest BCUT2D eigenvalue weighted by atomic mass is 35.5. The predicted molar refractivity (Wildman–Crippen MR) is 72.8 cm³/mol. The average Bonchev–Trinajstić information content (AvgIpc) is 2.33. The van der Waals surface area contributed by atoms with Crippen molar-refractivity contribution in [3.8, 4) is 0 Å². The number of pyridine rings is 1. The van der Waals surface area contributed by atoms with Gasteiger partial charge in [-0.3, -0.25) is 4.98 Å². The lowest BCUT2D eigenvalue weighted by Gasteiger charge is -2.08. The van der Waals surface area contributed by atoms with Crippen LogP contribution in [0.2, 0.25) is 10.0 Å². The van der Waals surface area contributed by atoms with Crippen molar-refractivity contribution < 1.29 is 0 Å². The zero-order valence-electron chi connectivity index (χ0n) is 9.37. The summed E-state index contributed by atoms with van der Waals surface area (Å²) in [5.74, 6) is 0. The second-order valence-corrected chi connectivity index (χ2v) is 4.54. The van der Waals surface area contributed by atoms with Gasteiger partial charge in [-0.2, -0.15) is 0 Å². The van der Waals surface area contributed by atoms with Crippen LogP contribution in [-0.4, -0.2) is 4.98 Å². The molecule has 0 fully saturated rings. The average molecular weight is 267 g/mol. The molecule has 0 bridgehead atoms. The van der Waals surface area contributed by atoms with Crippen LogP contribution >= 0.6 is 23.2 Å². The normalized spacial score (nSPS) is 10.3. The Bertz CT molecular complexity index is 509. The van der Waals surface area contributed by atoms with Crippen LogP contribution in [0.25, 0.3) is 0 Å². The fraction of sp³-hybridized carbons (Fsp3) is 0.154. The number of benzene rings is 1. The fourth-order valence-electron chi connectivity index (χ4n) is 1.45. The minimum atomic E-state index is 0.577. The standard InChI is InChI=1S/C13H12Cl2N2/c1-9-5-6-11(8-16-9)17-7-10-3-2-4-12(14)13(10)15/h2-6,8,17H,7H2,1H3. The number of nitrogens with one attached hydrogen (secondary N) is 1. The maximum Gasteiger partial charge on any atom is 0.0642 e. The van der Waals surface area contributed by atoms with Crippen molar-refractivity contribution in [1.82, 2.24) is 4.98 Å². The van der Waals surface area contributed by atoms with Gasteiger partial charge in [0.05, 0.1) is 21.9 Å². The summed E-state index contributed by atoms with van der Waals surface area (Å²) >= 11 is 12.0. The molecule has 0 aliphatic carbocycles. The number of aryl methyl sites for hydroxylation is 1. The quantitative estimate of drug-likeness (QED) is 0.896. The van der Waals surface area contributed by atoms with E-state index in [1.807, 2.05) is 31.2 Å². The molecule has 1 aromatic carbocycles. The van der Waals surface area contributed by atoms with E-state index >= 15 is 0 Å². The molecule has 1 N–H and O–H groups in total. The predicted octanol–water partition coefficient (Wildman–Crippen LogP) is 4.31. The molecule has 0 aliphatic heterocycles. The smallest absolute Gasteiger partial charge is 0.0642 e. The molecule has 17 heavy (non-hydrogen) atoms. The van der Waals surface area contributed by atoms with E-state index in [0.29, 0.717) is 16.6 Å². The van der Waals surface area contributed by atoms with Crippen LogP contribution < -0.4 is 5.32 Å². The molecule has 0 atom stereocenters. The van der Waals surface area contributed by atoms with Crippen LogP contribution in [0.3, 0.4) is 0 Å². The zero-order valence-corrected chi connectivity index (χ0v) is 10.9. The summed E-state index contributed by atoms with van der Waals surface area (Å²) in [5.41, 5.74) is 2.93. The third kappa shape index (κ3) is 3.11. The summed E-state index contributed by atoms with van der Waals surface area (Å²) in [6.45, 7) is 2.59. The molecule has 88 valence electrons. The van der Waals surface area contributed by atoms with Gasteiger partial charge in [0.2, 0.25) is 0 Å². The minimum absolute atomic E-state index is 0.577. The molecule has 1 aromatic heterocycles. The van der Waals surface area contributed by atoms with Crippen LogP contribution in [0.4, 0.5) is 5.69 Å². The van der Waals surface area contributed by atoms with E-state index in [4.69, 9.17) is 23.2 Å². The molecule has 1 heterocycles. The second kappa shape index (κ2) is 5.39. The molecule has 0 amide bonds. The first kappa shape index (κ1) is 12.2. The Balaban J connectivity index is 2.07. The highest BCUT2D eigenvalue weighted by Gasteiger charge is 2.03. The summed E-state index contributed by atoms with van der Waals surface area (Å²) in [6.07, 6.45) is 1.80. The maximum atomic E-state index is 6.10. The fourth-order valence-corrected chi connectivity index (χ4v) is 1.84. The van der Waals surface area contributed by atoms with Gasteiger partial charge in [-0.05, 0) is 30.7 Å². The monoisotopic (exact) mass is 266 g/mol. The van der Waals surface area contributed by atoms with Gasteiger partial charge < -0.3 is 5.32 Å². The van der Waals surface area contributed by atoms with Crippen LogP contribution in [0, 0.1) is 6.92 Å². The van der Waals surface area contributed by atoms with E-state index in [9.17, 15) is 0 Å².